The Bertz CT molecular complexity index is 1490. The molecule has 6 heteroatoms. The van der Waals surface area contributed by atoms with Gasteiger partial charge in [0.25, 0.3) is 0 Å². The monoisotopic (exact) mass is 969 g/mol. The highest BCUT2D eigenvalue weighted by atomic mass is 16.6. The van der Waals surface area contributed by atoms with Crippen LogP contribution in [0.15, 0.2) is 122 Å². The molecule has 0 aliphatic carbocycles. The van der Waals surface area contributed by atoms with Gasteiger partial charge in [-0.2, -0.15) is 0 Å². The van der Waals surface area contributed by atoms with Crippen molar-refractivity contribution in [3.63, 3.8) is 0 Å². The number of unbranched alkanes of at least 4 members (excludes halogenated alkanes) is 19. The van der Waals surface area contributed by atoms with E-state index in [-0.39, 0.29) is 44.0 Å². The molecule has 0 spiro atoms. The molecule has 0 aromatic heterocycles. The van der Waals surface area contributed by atoms with Gasteiger partial charge in [-0.15, -0.1) is 0 Å². The smallest absolute Gasteiger partial charge is 0.306 e. The number of esters is 3. The summed E-state index contributed by atoms with van der Waals surface area (Å²) in [5.41, 5.74) is 0. The summed E-state index contributed by atoms with van der Waals surface area (Å²) in [6.07, 6.45) is 79.2. The first-order valence-electron chi connectivity index (χ1n) is 28.5. The minimum Gasteiger partial charge on any atom is -0.462 e. The van der Waals surface area contributed by atoms with Gasteiger partial charge in [-0.25, -0.2) is 0 Å². The van der Waals surface area contributed by atoms with E-state index in [0.717, 1.165) is 96.3 Å². The van der Waals surface area contributed by atoms with E-state index in [0.29, 0.717) is 19.3 Å². The van der Waals surface area contributed by atoms with Gasteiger partial charge in [0.1, 0.15) is 13.2 Å². The molecule has 396 valence electrons. The van der Waals surface area contributed by atoms with E-state index in [9.17, 15) is 14.4 Å². The summed E-state index contributed by atoms with van der Waals surface area (Å²) in [4.78, 5) is 38.1. The molecule has 1 unspecified atom stereocenters. The topological polar surface area (TPSA) is 78.9 Å². The van der Waals surface area contributed by atoms with Crippen LogP contribution >= 0.6 is 0 Å². The summed E-state index contributed by atoms with van der Waals surface area (Å²) in [5.74, 6) is -1.04. The molecular weight excluding hydrogens is 865 g/mol. The molecule has 0 bridgehead atoms. The molecule has 0 aliphatic heterocycles. The summed E-state index contributed by atoms with van der Waals surface area (Å²) < 4.78 is 16.8. The molecular formula is C64H104O6. The maximum absolute atomic E-state index is 12.8. The van der Waals surface area contributed by atoms with Crippen molar-refractivity contribution >= 4 is 17.9 Å². The Labute approximate surface area is 431 Å². The average Bonchev–Trinajstić information content (AvgIpc) is 3.36. The molecule has 0 aromatic rings. The predicted molar refractivity (Wildman–Crippen MR) is 302 cm³/mol. The number of rotatable bonds is 50. The summed E-state index contributed by atoms with van der Waals surface area (Å²) in [5, 5.41) is 0. The van der Waals surface area contributed by atoms with Crippen LogP contribution in [0.25, 0.3) is 0 Å². The minimum atomic E-state index is -0.833. The highest BCUT2D eigenvalue weighted by Crippen LogP contribution is 2.15. The quantitative estimate of drug-likeness (QED) is 0.0262. The van der Waals surface area contributed by atoms with Gasteiger partial charge in [0.05, 0.1) is 0 Å². The first-order chi connectivity index (χ1) is 34.5. The van der Waals surface area contributed by atoms with Gasteiger partial charge < -0.3 is 14.2 Å². The van der Waals surface area contributed by atoms with Crippen molar-refractivity contribution in [1.82, 2.24) is 0 Å². The van der Waals surface area contributed by atoms with Gasteiger partial charge in [0.2, 0.25) is 0 Å². The summed E-state index contributed by atoms with van der Waals surface area (Å²) >= 11 is 0. The lowest BCUT2D eigenvalue weighted by atomic mass is 10.0. The van der Waals surface area contributed by atoms with E-state index in [1.165, 1.54) is 96.3 Å². The molecule has 0 aromatic carbocycles. The van der Waals surface area contributed by atoms with E-state index in [1.54, 1.807) is 0 Å². The fourth-order valence-corrected chi connectivity index (χ4v) is 7.51. The second kappa shape index (κ2) is 57.4. The minimum absolute atomic E-state index is 0.119. The third-order valence-electron chi connectivity index (χ3n) is 11.7. The molecule has 0 fully saturated rings. The molecule has 0 heterocycles. The Balaban J connectivity index is 4.55. The molecule has 0 amide bonds. The Morgan fingerprint density at radius 1 is 0.300 bits per heavy atom. The third kappa shape index (κ3) is 54.7. The summed E-state index contributed by atoms with van der Waals surface area (Å²) in [6, 6.07) is 0. The van der Waals surface area contributed by atoms with Crippen LogP contribution < -0.4 is 0 Å². The number of hydrogen-bond donors (Lipinski definition) is 0. The first kappa shape index (κ1) is 65.8. The number of hydrogen-bond acceptors (Lipinski definition) is 6. The van der Waals surface area contributed by atoms with Gasteiger partial charge in [0.15, 0.2) is 6.10 Å². The van der Waals surface area contributed by atoms with Crippen molar-refractivity contribution in [2.24, 2.45) is 0 Å². The normalized spacial score (nSPS) is 13.0. The lowest BCUT2D eigenvalue weighted by molar-refractivity contribution is -0.167. The summed E-state index contributed by atoms with van der Waals surface area (Å²) in [7, 11) is 0. The van der Waals surface area contributed by atoms with Crippen LogP contribution in [-0.2, 0) is 28.6 Å². The molecule has 0 aliphatic rings. The highest BCUT2D eigenvalue weighted by molar-refractivity contribution is 5.71. The van der Waals surface area contributed by atoms with Crippen LogP contribution in [0, 0.1) is 0 Å². The van der Waals surface area contributed by atoms with Crippen molar-refractivity contribution in [3.05, 3.63) is 122 Å². The van der Waals surface area contributed by atoms with Crippen LogP contribution in [0.2, 0.25) is 0 Å². The maximum Gasteiger partial charge on any atom is 0.306 e. The molecule has 1 atom stereocenters. The second-order valence-corrected chi connectivity index (χ2v) is 18.4. The number of carbonyl (C=O) groups excluding carboxylic acids is 3. The number of allylic oxidation sites excluding steroid dienone is 20. The molecule has 0 N–H and O–H groups in total. The van der Waals surface area contributed by atoms with Gasteiger partial charge in [-0.1, -0.05) is 251 Å². The van der Waals surface area contributed by atoms with E-state index in [4.69, 9.17) is 14.2 Å². The molecule has 0 rings (SSSR count). The first-order valence-corrected chi connectivity index (χ1v) is 28.5. The molecule has 0 saturated heterocycles. The average molecular weight is 970 g/mol. The standard InChI is InChI=1S/C64H104O6/c1-4-7-10-13-16-19-22-25-28-31-34-36-39-42-45-48-51-54-57-63(66)69-60-61(70-64(67)58-55-52-49-46-43-40-37-33-30-27-24-21-18-15-12-9-6-3)59-68-62(65)56-53-50-47-44-41-38-35-32-29-26-23-20-17-14-11-8-5-2/h8-9,11-12,17-18,20-21,26-27,29-30,35,37-38,40,44,46-47,49,61H,4-7,10,13-16,19,22-25,28,31-34,36,39,41-43,45,48,50-60H2,1-3H3/b11-8-,12-9-,20-17-,21-18-,29-26-,30-27-,38-35-,40-37-,47-44-,49-46-. The number of ether oxygens (including phenoxy) is 3. The number of carbonyl (C=O) groups is 3. The van der Waals surface area contributed by atoms with E-state index < -0.39 is 6.10 Å². The van der Waals surface area contributed by atoms with Crippen molar-refractivity contribution in [2.45, 2.75) is 252 Å². The van der Waals surface area contributed by atoms with Crippen LogP contribution in [0.5, 0.6) is 0 Å². The zero-order valence-corrected chi connectivity index (χ0v) is 45.2. The van der Waals surface area contributed by atoms with Crippen molar-refractivity contribution < 1.29 is 28.6 Å². The van der Waals surface area contributed by atoms with Gasteiger partial charge in [-0.3, -0.25) is 14.4 Å². The van der Waals surface area contributed by atoms with Crippen LogP contribution in [-0.4, -0.2) is 37.2 Å². The Kier molecular flexibility index (Phi) is 54.0. The largest absolute Gasteiger partial charge is 0.462 e. The molecule has 70 heavy (non-hydrogen) atoms. The van der Waals surface area contributed by atoms with Crippen LogP contribution in [0.1, 0.15) is 245 Å². The summed E-state index contributed by atoms with van der Waals surface area (Å²) in [6.45, 7) is 6.32. The van der Waals surface area contributed by atoms with E-state index >= 15 is 0 Å². The van der Waals surface area contributed by atoms with Crippen molar-refractivity contribution in [1.29, 1.82) is 0 Å². The van der Waals surface area contributed by atoms with Crippen molar-refractivity contribution in [3.8, 4) is 0 Å². The van der Waals surface area contributed by atoms with Gasteiger partial charge in [0, 0.05) is 19.3 Å². The zero-order valence-electron chi connectivity index (χ0n) is 45.2. The molecule has 0 radical (unpaired) electrons. The zero-order chi connectivity index (χ0) is 50.7. The maximum atomic E-state index is 12.8. The second-order valence-electron chi connectivity index (χ2n) is 18.4. The Morgan fingerprint density at radius 2 is 0.557 bits per heavy atom. The van der Waals surface area contributed by atoms with E-state index in [1.807, 2.05) is 0 Å². The van der Waals surface area contributed by atoms with Crippen LogP contribution in [0.4, 0.5) is 0 Å². The third-order valence-corrected chi connectivity index (χ3v) is 11.7. The fraction of sp³-hybridized carbons (Fsp3) is 0.641. The fourth-order valence-electron chi connectivity index (χ4n) is 7.51. The van der Waals surface area contributed by atoms with Crippen molar-refractivity contribution in [2.75, 3.05) is 13.2 Å². The Morgan fingerprint density at radius 3 is 0.871 bits per heavy atom. The molecule has 0 saturated carbocycles. The van der Waals surface area contributed by atoms with Crippen LogP contribution in [0.3, 0.4) is 0 Å². The highest BCUT2D eigenvalue weighted by Gasteiger charge is 2.19. The molecule has 6 nitrogen and oxygen atoms in total. The predicted octanol–water partition coefficient (Wildman–Crippen LogP) is 19.3. The lowest BCUT2D eigenvalue weighted by Gasteiger charge is -2.18. The van der Waals surface area contributed by atoms with Gasteiger partial charge >= 0.3 is 17.9 Å². The lowest BCUT2D eigenvalue weighted by Crippen LogP contribution is -2.30. The van der Waals surface area contributed by atoms with Gasteiger partial charge in [-0.05, 0) is 96.3 Å². The Hall–Kier alpha value is -4.19. The SMILES string of the molecule is CC/C=C\C/C=C\C/C=C\C/C=C\C/C=C\CCCC(=O)OCC(COC(=O)CCCCCCCCCCCCCCCCCCCC)OC(=O)CCC/C=C\C/C=C\C/C=C\C/C=C\C/C=C\CC. The van der Waals surface area contributed by atoms with E-state index in [2.05, 4.69) is 142 Å².